The van der Waals surface area contributed by atoms with Crippen LogP contribution in [0.1, 0.15) is 5.69 Å². The zero-order chi connectivity index (χ0) is 9.19. The lowest BCUT2D eigenvalue weighted by Crippen LogP contribution is -2.21. The van der Waals surface area contributed by atoms with Crippen molar-refractivity contribution in [2.45, 2.75) is 6.54 Å². The number of H-pyrrole nitrogens is 1. The Balaban J connectivity index is 2.61. The minimum Gasteiger partial charge on any atom is -0.315 e. The molecule has 0 unspecified atom stereocenters. The lowest BCUT2D eigenvalue weighted by atomic mass is 10.5. The second kappa shape index (κ2) is 3.38. The summed E-state index contributed by atoms with van der Waals surface area (Å²) in [5, 5.41) is 1.58. The average Bonchev–Trinajstić information content (AvgIpc) is 2.30. The van der Waals surface area contributed by atoms with Crippen molar-refractivity contribution in [1.82, 2.24) is 9.71 Å². The van der Waals surface area contributed by atoms with Crippen LogP contribution in [0.3, 0.4) is 0 Å². The Morgan fingerprint density at radius 2 is 2.33 bits per heavy atom. The molecule has 0 aliphatic heterocycles. The van der Waals surface area contributed by atoms with Crippen molar-refractivity contribution in [3.05, 3.63) is 20.7 Å². The van der Waals surface area contributed by atoms with Crippen LogP contribution in [0.15, 0.2) is 10.2 Å². The Morgan fingerprint density at radius 3 is 2.75 bits per heavy atom. The first-order valence-electron chi connectivity index (χ1n) is 3.09. The molecule has 5 nitrogen and oxygen atoms in total. The van der Waals surface area contributed by atoms with Crippen molar-refractivity contribution < 1.29 is 8.42 Å². The Morgan fingerprint density at radius 1 is 1.67 bits per heavy atom. The van der Waals surface area contributed by atoms with E-state index in [1.54, 1.807) is 5.38 Å². The van der Waals surface area contributed by atoms with Crippen molar-refractivity contribution in [2.75, 3.05) is 6.26 Å². The fraction of sp³-hybridized carbons (Fsp3) is 0.400. The lowest BCUT2D eigenvalue weighted by Gasteiger charge is -1.97. The highest BCUT2D eigenvalue weighted by atomic mass is 32.2. The third kappa shape index (κ3) is 3.16. The first kappa shape index (κ1) is 9.43. The second-order valence-corrected chi connectivity index (χ2v) is 4.94. The van der Waals surface area contributed by atoms with E-state index in [-0.39, 0.29) is 11.4 Å². The van der Waals surface area contributed by atoms with Gasteiger partial charge in [0.1, 0.15) is 0 Å². The first-order valence-corrected chi connectivity index (χ1v) is 5.86. The van der Waals surface area contributed by atoms with E-state index < -0.39 is 10.0 Å². The van der Waals surface area contributed by atoms with Crippen LogP contribution in [0.2, 0.25) is 0 Å². The average molecular weight is 208 g/mol. The lowest BCUT2D eigenvalue weighted by molar-refractivity contribution is 0.587. The van der Waals surface area contributed by atoms with Gasteiger partial charge in [-0.15, -0.1) is 0 Å². The van der Waals surface area contributed by atoms with Gasteiger partial charge in [-0.2, -0.15) is 0 Å². The third-order valence-corrected chi connectivity index (χ3v) is 2.48. The molecule has 0 radical (unpaired) electrons. The van der Waals surface area contributed by atoms with Crippen LogP contribution in [-0.2, 0) is 16.6 Å². The Bertz CT molecular complexity index is 402. The van der Waals surface area contributed by atoms with Gasteiger partial charge in [0.2, 0.25) is 10.0 Å². The van der Waals surface area contributed by atoms with Crippen LogP contribution >= 0.6 is 11.3 Å². The van der Waals surface area contributed by atoms with Gasteiger partial charge in [-0.25, -0.2) is 13.1 Å². The van der Waals surface area contributed by atoms with Gasteiger partial charge >= 0.3 is 4.87 Å². The van der Waals surface area contributed by atoms with Crippen molar-refractivity contribution in [2.24, 2.45) is 0 Å². The highest BCUT2D eigenvalue weighted by molar-refractivity contribution is 7.88. The number of aromatic amines is 1. The molecule has 1 heterocycles. The fourth-order valence-corrected chi connectivity index (χ4v) is 1.61. The summed E-state index contributed by atoms with van der Waals surface area (Å²) >= 11 is 1.01. The van der Waals surface area contributed by atoms with E-state index in [1.165, 1.54) is 0 Å². The van der Waals surface area contributed by atoms with Gasteiger partial charge in [0, 0.05) is 11.1 Å². The summed E-state index contributed by atoms with van der Waals surface area (Å²) < 4.78 is 23.5. The molecular weight excluding hydrogens is 200 g/mol. The number of aromatic nitrogens is 1. The molecule has 7 heteroatoms. The quantitative estimate of drug-likeness (QED) is 0.702. The molecule has 0 amide bonds. The minimum absolute atomic E-state index is 0.136. The van der Waals surface area contributed by atoms with Gasteiger partial charge in [0.15, 0.2) is 0 Å². The van der Waals surface area contributed by atoms with Crippen molar-refractivity contribution in [3.63, 3.8) is 0 Å². The van der Waals surface area contributed by atoms with Gasteiger partial charge < -0.3 is 4.98 Å². The molecule has 68 valence electrons. The van der Waals surface area contributed by atoms with E-state index in [1.807, 2.05) is 0 Å². The molecule has 0 spiro atoms. The molecule has 0 atom stereocenters. The smallest absolute Gasteiger partial charge is 0.304 e. The van der Waals surface area contributed by atoms with Gasteiger partial charge in [-0.05, 0) is 0 Å². The third-order valence-electron chi connectivity index (χ3n) is 1.10. The topological polar surface area (TPSA) is 79.0 Å². The van der Waals surface area contributed by atoms with Gasteiger partial charge in [0.05, 0.1) is 12.8 Å². The van der Waals surface area contributed by atoms with E-state index in [0.717, 1.165) is 17.6 Å². The summed E-state index contributed by atoms with van der Waals surface area (Å²) in [5.74, 6) is 0. The maximum absolute atomic E-state index is 10.6. The summed E-state index contributed by atoms with van der Waals surface area (Å²) in [7, 11) is -3.18. The molecule has 0 fully saturated rings. The van der Waals surface area contributed by atoms with Gasteiger partial charge in [0.25, 0.3) is 0 Å². The molecule has 1 aromatic heterocycles. The maximum atomic E-state index is 10.6. The highest BCUT2D eigenvalue weighted by Crippen LogP contribution is 1.94. The van der Waals surface area contributed by atoms with E-state index in [0.29, 0.717) is 5.69 Å². The standard InChI is InChI=1S/C5H8N2O3S2/c1-12(9,10)6-2-4-3-11-5(8)7-4/h3,6H,2H2,1H3,(H,7,8). The monoisotopic (exact) mass is 208 g/mol. The van der Waals surface area contributed by atoms with Crippen molar-refractivity contribution in [1.29, 1.82) is 0 Å². The van der Waals surface area contributed by atoms with Crippen molar-refractivity contribution >= 4 is 21.4 Å². The van der Waals surface area contributed by atoms with E-state index >= 15 is 0 Å². The molecule has 0 aromatic carbocycles. The number of sulfonamides is 1. The maximum Gasteiger partial charge on any atom is 0.304 e. The normalized spacial score (nSPS) is 11.8. The molecule has 0 bridgehead atoms. The number of thiazole rings is 1. The molecule has 12 heavy (non-hydrogen) atoms. The second-order valence-electron chi connectivity index (χ2n) is 2.27. The molecule has 1 aromatic rings. The predicted molar refractivity (Wildman–Crippen MR) is 46.6 cm³/mol. The summed E-state index contributed by atoms with van der Waals surface area (Å²) in [6, 6.07) is 0. The molecule has 2 N–H and O–H groups in total. The van der Waals surface area contributed by atoms with E-state index in [2.05, 4.69) is 9.71 Å². The molecule has 0 saturated heterocycles. The Hall–Kier alpha value is -0.660. The zero-order valence-electron chi connectivity index (χ0n) is 6.33. The number of hydrogen-bond acceptors (Lipinski definition) is 4. The van der Waals surface area contributed by atoms with Crippen LogP contribution in [0.4, 0.5) is 0 Å². The largest absolute Gasteiger partial charge is 0.315 e. The fourth-order valence-electron chi connectivity index (χ4n) is 0.609. The molecule has 1 rings (SSSR count). The number of rotatable bonds is 3. The summed E-state index contributed by atoms with van der Waals surface area (Å²) in [6.07, 6.45) is 1.07. The first-order chi connectivity index (χ1) is 5.47. The van der Waals surface area contributed by atoms with Gasteiger partial charge in [-0.3, -0.25) is 4.79 Å². The molecule has 0 aliphatic rings. The van der Waals surface area contributed by atoms with E-state index in [9.17, 15) is 13.2 Å². The minimum atomic E-state index is -3.18. The molecule has 0 saturated carbocycles. The zero-order valence-corrected chi connectivity index (χ0v) is 7.96. The van der Waals surface area contributed by atoms with Crippen LogP contribution in [-0.4, -0.2) is 19.7 Å². The highest BCUT2D eigenvalue weighted by Gasteiger charge is 2.01. The number of nitrogens with one attached hydrogen (secondary N) is 2. The molecular formula is C5H8N2O3S2. The van der Waals surface area contributed by atoms with E-state index in [4.69, 9.17) is 0 Å². The predicted octanol–water partition coefficient (Wildman–Crippen LogP) is -0.514. The Labute approximate surface area is 73.5 Å². The van der Waals surface area contributed by atoms with Crippen LogP contribution in [0, 0.1) is 0 Å². The van der Waals surface area contributed by atoms with Gasteiger partial charge in [-0.1, -0.05) is 11.3 Å². The molecule has 0 aliphatic carbocycles. The summed E-state index contributed by atoms with van der Waals surface area (Å²) in [5.41, 5.74) is 0.579. The van der Waals surface area contributed by atoms with Crippen LogP contribution < -0.4 is 9.60 Å². The van der Waals surface area contributed by atoms with Crippen LogP contribution in [0.25, 0.3) is 0 Å². The number of hydrogen-bond donors (Lipinski definition) is 2. The van der Waals surface area contributed by atoms with Crippen molar-refractivity contribution in [3.8, 4) is 0 Å². The SMILES string of the molecule is CS(=O)(=O)NCc1csc(=O)[nH]1. The summed E-state index contributed by atoms with van der Waals surface area (Å²) in [6.45, 7) is 0.136. The Kier molecular flexibility index (Phi) is 2.65. The summed E-state index contributed by atoms with van der Waals surface area (Å²) in [4.78, 5) is 12.9. The van der Waals surface area contributed by atoms with Crippen LogP contribution in [0.5, 0.6) is 0 Å².